The van der Waals surface area contributed by atoms with Crippen LogP contribution >= 0.6 is 0 Å². The van der Waals surface area contributed by atoms with Crippen molar-refractivity contribution < 1.29 is 9.59 Å². The summed E-state index contributed by atoms with van der Waals surface area (Å²) in [6.07, 6.45) is 0.336. The van der Waals surface area contributed by atoms with Crippen LogP contribution in [-0.2, 0) is 9.59 Å². The van der Waals surface area contributed by atoms with Crippen LogP contribution in [0.3, 0.4) is 0 Å². The van der Waals surface area contributed by atoms with Crippen molar-refractivity contribution in [2.45, 2.75) is 31.3 Å². The maximum atomic E-state index is 13.2. The third kappa shape index (κ3) is 3.94. The van der Waals surface area contributed by atoms with Gasteiger partial charge in [-0.15, -0.1) is 0 Å². The molecule has 0 aliphatic carbocycles. The number of hydrogen-bond acceptors (Lipinski definition) is 3. The van der Waals surface area contributed by atoms with Gasteiger partial charge in [-0.25, -0.2) is 0 Å². The van der Waals surface area contributed by atoms with Crippen molar-refractivity contribution in [3.8, 4) is 0 Å². The van der Waals surface area contributed by atoms with E-state index in [0.717, 1.165) is 11.1 Å². The Balaban J connectivity index is 1.80. The predicted octanol–water partition coefficient (Wildman–Crippen LogP) is 2.21. The van der Waals surface area contributed by atoms with Crippen molar-refractivity contribution in [3.63, 3.8) is 0 Å². The largest absolute Gasteiger partial charge is 0.341 e. The quantitative estimate of drug-likeness (QED) is 0.867. The number of nitrogens with one attached hydrogen (secondary N) is 1. The molecule has 3 rings (SSSR count). The van der Waals surface area contributed by atoms with Crippen LogP contribution in [-0.4, -0.2) is 35.8 Å². The van der Waals surface area contributed by atoms with E-state index in [1.54, 1.807) is 11.8 Å². The molecule has 26 heavy (non-hydrogen) atoms. The van der Waals surface area contributed by atoms with E-state index in [0.29, 0.717) is 19.5 Å². The van der Waals surface area contributed by atoms with E-state index in [4.69, 9.17) is 5.73 Å². The van der Waals surface area contributed by atoms with Crippen molar-refractivity contribution in [1.82, 2.24) is 10.2 Å². The summed E-state index contributed by atoms with van der Waals surface area (Å²) in [5.41, 5.74) is 8.25. The molecule has 2 aromatic rings. The first kappa shape index (κ1) is 18.1. The number of amides is 2. The monoisotopic (exact) mass is 351 g/mol. The summed E-state index contributed by atoms with van der Waals surface area (Å²) in [6.45, 7) is 2.83. The number of rotatable bonds is 5. The number of carbonyl (C=O) groups is 2. The van der Waals surface area contributed by atoms with E-state index in [2.05, 4.69) is 5.32 Å². The van der Waals surface area contributed by atoms with Gasteiger partial charge in [0.15, 0.2) is 0 Å². The maximum Gasteiger partial charge on any atom is 0.249 e. The number of carbonyl (C=O) groups excluding carboxylic acids is 2. The molecule has 3 N–H and O–H groups in total. The minimum atomic E-state index is -0.676. The zero-order valence-electron chi connectivity index (χ0n) is 15.0. The highest BCUT2D eigenvalue weighted by Crippen LogP contribution is 2.28. The molecule has 1 aliphatic rings. The first-order chi connectivity index (χ1) is 12.6. The summed E-state index contributed by atoms with van der Waals surface area (Å²) in [5.74, 6) is -0.138. The summed E-state index contributed by atoms with van der Waals surface area (Å²) >= 11 is 0. The molecule has 1 aliphatic heterocycles. The molecule has 0 radical (unpaired) electrons. The second-order valence-electron chi connectivity index (χ2n) is 6.69. The fourth-order valence-electron chi connectivity index (χ4n) is 3.44. The van der Waals surface area contributed by atoms with Gasteiger partial charge in [0.05, 0.1) is 0 Å². The van der Waals surface area contributed by atoms with Crippen LogP contribution in [0.5, 0.6) is 0 Å². The molecule has 0 aromatic heterocycles. The molecule has 0 saturated carbocycles. The smallest absolute Gasteiger partial charge is 0.249 e. The molecule has 136 valence electrons. The van der Waals surface area contributed by atoms with Crippen LogP contribution in [0.4, 0.5) is 0 Å². The topological polar surface area (TPSA) is 75.4 Å². The average molecular weight is 351 g/mol. The van der Waals surface area contributed by atoms with Crippen LogP contribution in [0, 0.1) is 0 Å². The highest BCUT2D eigenvalue weighted by Gasteiger charge is 2.37. The summed E-state index contributed by atoms with van der Waals surface area (Å²) < 4.78 is 0. The number of nitrogens with two attached hydrogens (primary N) is 1. The van der Waals surface area contributed by atoms with Gasteiger partial charge >= 0.3 is 0 Å². The molecule has 1 fully saturated rings. The van der Waals surface area contributed by atoms with Crippen LogP contribution < -0.4 is 11.1 Å². The Morgan fingerprint density at radius 2 is 1.69 bits per heavy atom. The molecular formula is C21H25N3O2. The van der Waals surface area contributed by atoms with Crippen molar-refractivity contribution in [3.05, 3.63) is 71.8 Å². The molecule has 0 bridgehead atoms. The summed E-state index contributed by atoms with van der Waals surface area (Å²) in [7, 11) is 0. The molecule has 2 aromatic carbocycles. The van der Waals surface area contributed by atoms with Crippen molar-refractivity contribution in [2.75, 3.05) is 13.1 Å². The van der Waals surface area contributed by atoms with Crippen LogP contribution in [0.15, 0.2) is 60.7 Å². The Morgan fingerprint density at radius 1 is 1.08 bits per heavy atom. The highest BCUT2D eigenvalue weighted by atomic mass is 16.2. The van der Waals surface area contributed by atoms with Gasteiger partial charge in [-0.1, -0.05) is 67.6 Å². The molecule has 5 nitrogen and oxygen atoms in total. The normalized spacial score (nSPS) is 20.6. The number of nitrogens with zero attached hydrogens (tertiary/aromatic N) is 1. The number of benzene rings is 2. The minimum absolute atomic E-state index is 0.105. The van der Waals surface area contributed by atoms with E-state index in [1.165, 1.54) is 0 Å². The molecule has 1 saturated heterocycles. The first-order valence-corrected chi connectivity index (χ1v) is 9.03. The van der Waals surface area contributed by atoms with E-state index in [1.807, 2.05) is 60.7 Å². The van der Waals surface area contributed by atoms with E-state index >= 15 is 0 Å². The Hall–Kier alpha value is -2.66. The Labute approximate surface area is 154 Å². The van der Waals surface area contributed by atoms with Crippen molar-refractivity contribution in [2.24, 2.45) is 5.73 Å². The van der Waals surface area contributed by atoms with Gasteiger partial charge in [0.1, 0.15) is 6.04 Å². The van der Waals surface area contributed by atoms with E-state index in [-0.39, 0.29) is 23.8 Å². The highest BCUT2D eigenvalue weighted by molar-refractivity contribution is 5.89. The third-order valence-corrected chi connectivity index (χ3v) is 4.91. The van der Waals surface area contributed by atoms with Crippen LogP contribution in [0.25, 0.3) is 0 Å². The summed E-state index contributed by atoms with van der Waals surface area (Å²) in [5, 5.41) is 2.86. The molecule has 5 heteroatoms. The van der Waals surface area contributed by atoms with Gasteiger partial charge in [-0.2, -0.15) is 0 Å². The standard InChI is InChI=1S/C21H25N3O2/c1-2-19(25)23-20(16-11-7-4-8-12-16)21(26)24-13-17(18(22)14-24)15-9-5-3-6-10-15/h3-12,17-18,20H,2,13-14,22H2,1H3,(H,23,25)/t17-,18+,20?/m0/s1. The molecule has 3 atom stereocenters. The van der Waals surface area contributed by atoms with Gasteiger partial charge < -0.3 is 16.0 Å². The minimum Gasteiger partial charge on any atom is -0.341 e. The first-order valence-electron chi connectivity index (χ1n) is 9.03. The third-order valence-electron chi connectivity index (χ3n) is 4.91. The SMILES string of the molecule is CCC(=O)NC(C(=O)N1C[C@@H](N)[C@H](c2ccccc2)C1)c1ccccc1. The maximum absolute atomic E-state index is 13.2. The lowest BCUT2D eigenvalue weighted by Crippen LogP contribution is -2.42. The summed E-state index contributed by atoms with van der Waals surface area (Å²) in [6, 6.07) is 18.6. The van der Waals surface area contributed by atoms with Gasteiger partial charge in [-0.05, 0) is 11.1 Å². The fraction of sp³-hybridized carbons (Fsp3) is 0.333. The summed E-state index contributed by atoms with van der Waals surface area (Å²) in [4.78, 5) is 26.9. The Morgan fingerprint density at radius 3 is 2.31 bits per heavy atom. The zero-order valence-corrected chi connectivity index (χ0v) is 15.0. The van der Waals surface area contributed by atoms with Gasteiger partial charge in [-0.3, -0.25) is 9.59 Å². The fourth-order valence-corrected chi connectivity index (χ4v) is 3.44. The molecule has 1 unspecified atom stereocenters. The molecule has 1 heterocycles. The van der Waals surface area contributed by atoms with Crippen LogP contribution in [0.2, 0.25) is 0 Å². The van der Waals surface area contributed by atoms with Gasteiger partial charge in [0.25, 0.3) is 0 Å². The second-order valence-corrected chi connectivity index (χ2v) is 6.69. The molecular weight excluding hydrogens is 326 g/mol. The van der Waals surface area contributed by atoms with Gasteiger partial charge in [0, 0.05) is 31.5 Å². The lowest BCUT2D eigenvalue weighted by molar-refractivity contribution is -0.135. The zero-order chi connectivity index (χ0) is 18.5. The lowest BCUT2D eigenvalue weighted by Gasteiger charge is -2.24. The molecule has 0 spiro atoms. The Bertz CT molecular complexity index is 748. The van der Waals surface area contributed by atoms with E-state index in [9.17, 15) is 9.59 Å². The van der Waals surface area contributed by atoms with Gasteiger partial charge in [0.2, 0.25) is 11.8 Å². The number of likely N-dealkylation sites (tertiary alicyclic amines) is 1. The Kier molecular flexibility index (Phi) is 5.68. The lowest BCUT2D eigenvalue weighted by atomic mass is 9.95. The second kappa shape index (κ2) is 8.15. The van der Waals surface area contributed by atoms with Crippen molar-refractivity contribution in [1.29, 1.82) is 0 Å². The molecule has 2 amide bonds. The van der Waals surface area contributed by atoms with Crippen molar-refractivity contribution >= 4 is 11.8 Å². The number of hydrogen-bond donors (Lipinski definition) is 2. The van der Waals surface area contributed by atoms with Crippen LogP contribution in [0.1, 0.15) is 36.4 Å². The predicted molar refractivity (Wildman–Crippen MR) is 101 cm³/mol. The average Bonchev–Trinajstić information content (AvgIpc) is 3.08. The van der Waals surface area contributed by atoms with E-state index < -0.39 is 6.04 Å².